The van der Waals surface area contributed by atoms with E-state index in [4.69, 9.17) is 0 Å². The van der Waals surface area contributed by atoms with E-state index in [2.05, 4.69) is 49.1 Å². The fraction of sp³-hybridized carbons (Fsp3) is 0.833. The summed E-state index contributed by atoms with van der Waals surface area (Å²) >= 11 is 0. The molecule has 0 amide bonds. The van der Waals surface area contributed by atoms with Gasteiger partial charge in [0.25, 0.3) is 0 Å². The first-order valence-corrected chi connectivity index (χ1v) is 6.35. The summed E-state index contributed by atoms with van der Waals surface area (Å²) in [6, 6.07) is 0. The van der Waals surface area contributed by atoms with Gasteiger partial charge in [-0.05, 0) is 26.2 Å². The summed E-state index contributed by atoms with van der Waals surface area (Å²) in [5.74, 6) is 0. The monoisotopic (exact) mass is 225 g/mol. The molecular weight excluding hydrogens is 200 g/mol. The molecule has 0 aromatic rings. The Labute approximate surface area is 99.9 Å². The number of nitrogens with zero attached hydrogens (tertiary/aromatic N) is 3. The van der Waals surface area contributed by atoms with Crippen LogP contribution in [0.15, 0.2) is 0 Å². The maximum absolute atomic E-state index is 3.35. The zero-order valence-corrected chi connectivity index (χ0v) is 11.1. The highest BCUT2D eigenvalue weighted by molar-refractivity contribution is 5.55. The number of hydrazine groups is 1. The Bertz CT molecular complexity index is 219. The molecule has 1 aliphatic rings. The highest BCUT2D eigenvalue weighted by atomic mass is 15.7. The zero-order chi connectivity index (χ0) is 12.0. The summed E-state index contributed by atoms with van der Waals surface area (Å²) in [6.07, 6.45) is 4.62. The third kappa shape index (κ3) is 4.02. The van der Waals surface area contributed by atoms with Crippen molar-refractivity contribution in [3.63, 3.8) is 0 Å². The number of likely N-dealkylation sites (N-methyl/N-ethyl adjacent to an activating group) is 1. The van der Waals surface area contributed by atoms with Crippen LogP contribution in [0.2, 0.25) is 0 Å². The maximum atomic E-state index is 3.35. The average molecular weight is 225 g/mol. The molecule has 0 aromatic carbocycles. The van der Waals surface area contributed by atoms with Gasteiger partial charge in [-0.3, -0.25) is 0 Å². The molecular formula is C12H25N4. The van der Waals surface area contributed by atoms with Crippen LogP contribution in [0.1, 0.15) is 27.7 Å². The number of hydrogen-bond acceptors (Lipinski definition) is 3. The summed E-state index contributed by atoms with van der Waals surface area (Å²) in [7, 11) is 0. The molecule has 0 unspecified atom stereocenters. The quantitative estimate of drug-likeness (QED) is 0.374. The second-order valence-electron chi connectivity index (χ2n) is 3.97. The van der Waals surface area contributed by atoms with Crippen molar-refractivity contribution in [2.45, 2.75) is 27.7 Å². The van der Waals surface area contributed by atoms with Crippen LogP contribution in [0.25, 0.3) is 0 Å². The van der Waals surface area contributed by atoms with E-state index >= 15 is 0 Å². The van der Waals surface area contributed by atoms with Gasteiger partial charge in [0.2, 0.25) is 0 Å². The van der Waals surface area contributed by atoms with Crippen molar-refractivity contribution in [3.8, 4) is 0 Å². The average Bonchev–Trinajstić information content (AvgIpc) is 3.06. The molecule has 0 aliphatic carbocycles. The van der Waals surface area contributed by atoms with Crippen molar-refractivity contribution in [2.24, 2.45) is 0 Å². The minimum Gasteiger partial charge on any atom is -0.312 e. The van der Waals surface area contributed by atoms with Gasteiger partial charge in [-0.1, -0.05) is 27.7 Å². The zero-order valence-electron chi connectivity index (χ0n) is 11.1. The van der Waals surface area contributed by atoms with Crippen molar-refractivity contribution in [2.75, 3.05) is 39.3 Å². The van der Waals surface area contributed by atoms with Crippen LogP contribution in [-0.4, -0.2) is 60.0 Å². The third-order valence-electron chi connectivity index (χ3n) is 3.08. The van der Waals surface area contributed by atoms with Gasteiger partial charge in [0, 0.05) is 13.1 Å². The van der Waals surface area contributed by atoms with Crippen LogP contribution in [-0.2, 0) is 0 Å². The van der Waals surface area contributed by atoms with Crippen molar-refractivity contribution in [1.29, 1.82) is 0 Å². The standard InChI is InChI=1S/C12H25N4/c1-5-14(6-2)9-10-16-12(13-16)11-15(7-3)8-4/h13H,5-9,11H2,1-4H3. The summed E-state index contributed by atoms with van der Waals surface area (Å²) in [6.45, 7) is 15.0. The molecule has 0 bridgehead atoms. The smallest absolute Gasteiger partial charge is 0.196 e. The van der Waals surface area contributed by atoms with Gasteiger partial charge in [-0.25, -0.2) is 10.1 Å². The van der Waals surface area contributed by atoms with E-state index in [9.17, 15) is 0 Å². The summed E-state index contributed by atoms with van der Waals surface area (Å²) < 4.78 is 2.02. The van der Waals surface area contributed by atoms with Gasteiger partial charge in [-0.15, -0.1) is 0 Å². The van der Waals surface area contributed by atoms with E-state index in [1.807, 2.05) is 4.68 Å². The second kappa shape index (κ2) is 6.76. The molecule has 16 heavy (non-hydrogen) atoms. The molecule has 1 fully saturated rings. The van der Waals surface area contributed by atoms with E-state index in [0.29, 0.717) is 0 Å². The second-order valence-corrected chi connectivity index (χ2v) is 3.97. The molecule has 0 aromatic heterocycles. The van der Waals surface area contributed by atoms with Gasteiger partial charge in [0.1, 0.15) is 0 Å². The molecule has 4 nitrogen and oxygen atoms in total. The number of hydrazone groups is 1. The van der Waals surface area contributed by atoms with Crippen LogP contribution in [0.5, 0.6) is 0 Å². The molecule has 1 heterocycles. The van der Waals surface area contributed by atoms with E-state index < -0.39 is 0 Å². The first-order chi connectivity index (χ1) is 7.74. The predicted molar refractivity (Wildman–Crippen MR) is 67.2 cm³/mol. The van der Waals surface area contributed by atoms with Crippen LogP contribution >= 0.6 is 0 Å². The van der Waals surface area contributed by atoms with E-state index in [1.54, 1.807) is 0 Å². The lowest BCUT2D eigenvalue weighted by Crippen LogP contribution is -2.27. The lowest BCUT2D eigenvalue weighted by Gasteiger charge is -2.16. The van der Waals surface area contributed by atoms with Crippen LogP contribution in [0.3, 0.4) is 0 Å². The maximum Gasteiger partial charge on any atom is 0.196 e. The Morgan fingerprint density at radius 1 is 1.00 bits per heavy atom. The predicted octanol–water partition coefficient (Wildman–Crippen LogP) is 0.638. The molecule has 0 atom stereocenters. The highest BCUT2D eigenvalue weighted by Crippen LogP contribution is 2.11. The third-order valence-corrected chi connectivity index (χ3v) is 3.08. The van der Waals surface area contributed by atoms with E-state index in [1.165, 1.54) is 6.17 Å². The molecule has 0 saturated carbocycles. The Morgan fingerprint density at radius 2 is 1.56 bits per heavy atom. The number of hydrogen-bond donors (Lipinski definition) is 1. The lowest BCUT2D eigenvalue weighted by atomic mass is 10.4. The van der Waals surface area contributed by atoms with Gasteiger partial charge in [0.15, 0.2) is 6.17 Å². The van der Waals surface area contributed by atoms with Crippen molar-refractivity contribution in [1.82, 2.24) is 15.2 Å². The molecule has 1 saturated heterocycles. The van der Waals surface area contributed by atoms with Gasteiger partial charge >= 0.3 is 0 Å². The Morgan fingerprint density at radius 3 is 2.06 bits per heavy atom. The molecule has 1 N–H and O–H groups in total. The number of nitrogens with one attached hydrogen (secondary N) is 1. The van der Waals surface area contributed by atoms with E-state index in [-0.39, 0.29) is 0 Å². The van der Waals surface area contributed by atoms with Crippen molar-refractivity contribution in [3.05, 3.63) is 6.17 Å². The molecule has 1 radical (unpaired) electrons. The highest BCUT2D eigenvalue weighted by Gasteiger charge is 2.30. The van der Waals surface area contributed by atoms with Gasteiger partial charge in [-0.2, -0.15) is 0 Å². The molecule has 1 aliphatic heterocycles. The summed E-state index contributed by atoms with van der Waals surface area (Å²) in [5.41, 5.74) is 3.24. The minimum absolute atomic E-state index is 0.905. The molecule has 1 rings (SSSR count). The topological polar surface area (TPSA) is 31.4 Å². The molecule has 4 heteroatoms. The van der Waals surface area contributed by atoms with Crippen molar-refractivity contribution >= 4 is 6.21 Å². The summed E-state index contributed by atoms with van der Waals surface area (Å²) in [4.78, 5) is 4.73. The Hall–Kier alpha value is -0.740. The lowest BCUT2D eigenvalue weighted by molar-refractivity contribution is -0.365. The van der Waals surface area contributed by atoms with Crippen molar-refractivity contribution < 1.29 is 4.68 Å². The largest absolute Gasteiger partial charge is 0.312 e. The van der Waals surface area contributed by atoms with Crippen LogP contribution in [0, 0.1) is 6.17 Å². The normalized spacial score (nSPS) is 17.4. The first kappa shape index (κ1) is 13.3. The fourth-order valence-electron chi connectivity index (χ4n) is 1.62. The SMILES string of the molecule is CCN(CC)C[C]=[N+]1N[C-]1CN(CC)CC. The van der Waals surface area contributed by atoms with Gasteiger partial charge in [0.05, 0.1) is 6.21 Å². The molecule has 93 valence electrons. The minimum atomic E-state index is 0.905. The molecule has 0 spiro atoms. The van der Waals surface area contributed by atoms with E-state index in [0.717, 1.165) is 39.3 Å². The first-order valence-electron chi connectivity index (χ1n) is 6.35. The number of rotatable bonds is 8. The summed E-state index contributed by atoms with van der Waals surface area (Å²) in [5, 5.41) is 0. The van der Waals surface area contributed by atoms with Gasteiger partial charge < -0.3 is 9.80 Å². The fourth-order valence-corrected chi connectivity index (χ4v) is 1.62. The Kier molecular flexibility index (Phi) is 5.63. The Balaban J connectivity index is 2.24. The van der Waals surface area contributed by atoms with Crippen LogP contribution in [0.4, 0.5) is 0 Å². The van der Waals surface area contributed by atoms with Crippen LogP contribution < -0.4 is 5.43 Å².